The molecule has 0 saturated heterocycles. The number of rotatable bonds is 9. The predicted octanol–water partition coefficient (Wildman–Crippen LogP) is 0.753. The minimum Gasteiger partial charge on any atom is -0.491 e. The van der Waals surface area contributed by atoms with Crippen LogP contribution < -0.4 is 9.64 Å². The number of hydrogen-bond donors (Lipinski definition) is 2. The van der Waals surface area contributed by atoms with Crippen LogP contribution in [0.25, 0.3) is 0 Å². The molecule has 1 unspecified atom stereocenters. The molecule has 5 nitrogen and oxygen atoms in total. The second-order valence-electron chi connectivity index (χ2n) is 5.81. The van der Waals surface area contributed by atoms with Gasteiger partial charge in [-0.3, -0.25) is 0 Å². The van der Waals surface area contributed by atoms with Gasteiger partial charge >= 0.3 is 0 Å². The Morgan fingerprint density at radius 3 is 2.41 bits per heavy atom. The largest absolute Gasteiger partial charge is 0.491 e. The molecule has 1 aromatic carbocycles. The lowest BCUT2D eigenvalue weighted by Crippen LogP contribution is -3.13. The summed E-state index contributed by atoms with van der Waals surface area (Å²) >= 11 is 0. The zero-order chi connectivity index (χ0) is 16.4. The summed E-state index contributed by atoms with van der Waals surface area (Å²) in [6.45, 7) is 6.70. The Hall–Kier alpha value is -2.08. The van der Waals surface area contributed by atoms with Gasteiger partial charge in [0.1, 0.15) is 25.0 Å². The van der Waals surface area contributed by atoms with Crippen molar-refractivity contribution in [3.8, 4) is 17.9 Å². The lowest BCUT2D eigenvalue weighted by Gasteiger charge is -2.23. The molecule has 2 atom stereocenters. The second kappa shape index (κ2) is 9.78. The maximum Gasteiger partial charge on any atom is 0.137 e. The Labute approximate surface area is 132 Å². The maximum absolute atomic E-state index is 10.1. The van der Waals surface area contributed by atoms with Gasteiger partial charge in [0.25, 0.3) is 0 Å². The highest BCUT2D eigenvalue weighted by Gasteiger charge is 2.17. The molecule has 0 amide bonds. The van der Waals surface area contributed by atoms with E-state index >= 15 is 0 Å². The van der Waals surface area contributed by atoms with Crippen LogP contribution in [0.15, 0.2) is 24.3 Å². The van der Waals surface area contributed by atoms with Crippen LogP contribution in [0.5, 0.6) is 5.75 Å². The van der Waals surface area contributed by atoms with Gasteiger partial charge < -0.3 is 14.7 Å². The van der Waals surface area contributed by atoms with E-state index in [9.17, 15) is 5.11 Å². The molecule has 1 rings (SSSR count). The predicted molar refractivity (Wildman–Crippen MR) is 83.3 cm³/mol. The zero-order valence-corrected chi connectivity index (χ0v) is 13.2. The Balaban J connectivity index is 2.43. The molecule has 22 heavy (non-hydrogen) atoms. The van der Waals surface area contributed by atoms with E-state index in [1.165, 1.54) is 4.90 Å². The van der Waals surface area contributed by atoms with E-state index < -0.39 is 6.10 Å². The number of nitrogens with one attached hydrogen (secondary N) is 1. The molecule has 1 aromatic rings. The van der Waals surface area contributed by atoms with Crippen molar-refractivity contribution in [1.29, 1.82) is 10.5 Å². The van der Waals surface area contributed by atoms with Gasteiger partial charge in [0.05, 0.1) is 37.2 Å². The van der Waals surface area contributed by atoms with Crippen molar-refractivity contribution in [3.05, 3.63) is 29.8 Å². The van der Waals surface area contributed by atoms with Crippen molar-refractivity contribution in [2.45, 2.75) is 26.4 Å². The van der Waals surface area contributed by atoms with Gasteiger partial charge in [0.15, 0.2) is 0 Å². The fourth-order valence-corrected chi connectivity index (χ4v) is 2.31. The molecule has 0 fully saturated rings. The first-order chi connectivity index (χ1) is 10.5. The molecule has 0 aromatic heterocycles. The fourth-order valence-electron chi connectivity index (χ4n) is 2.31. The molecule has 5 heteroatoms. The van der Waals surface area contributed by atoms with Gasteiger partial charge in [-0.1, -0.05) is 13.8 Å². The standard InChI is InChI=1S/C17H23N3O2/c1-14(2)11-20(9-3-8-18)12-16(21)13-22-17-6-4-15(10-19)5-7-17/h4-7,14,16,21H,3,9,11-13H2,1-2H3/p+1/t16-/m0/s1. The average molecular weight is 302 g/mol. The number of hydrogen-bond acceptors (Lipinski definition) is 4. The van der Waals surface area contributed by atoms with E-state index in [4.69, 9.17) is 15.3 Å². The number of nitriles is 2. The Bertz CT molecular complexity index is 514. The zero-order valence-electron chi connectivity index (χ0n) is 13.2. The summed E-state index contributed by atoms with van der Waals surface area (Å²) in [7, 11) is 0. The van der Waals surface area contributed by atoms with Crippen LogP contribution in [0.1, 0.15) is 25.8 Å². The summed E-state index contributed by atoms with van der Waals surface area (Å²) < 4.78 is 5.54. The third kappa shape index (κ3) is 7.08. The van der Waals surface area contributed by atoms with E-state index in [2.05, 4.69) is 19.9 Å². The summed E-state index contributed by atoms with van der Waals surface area (Å²) in [4.78, 5) is 1.22. The molecule has 0 aliphatic heterocycles. The molecular weight excluding hydrogens is 278 g/mol. The molecular formula is C17H24N3O2+. The minimum absolute atomic E-state index is 0.208. The number of ether oxygens (including phenoxy) is 1. The van der Waals surface area contributed by atoms with Crippen molar-refractivity contribution in [2.75, 3.05) is 26.2 Å². The first-order valence-electron chi connectivity index (χ1n) is 7.56. The van der Waals surface area contributed by atoms with E-state index in [1.54, 1.807) is 24.3 Å². The summed E-state index contributed by atoms with van der Waals surface area (Å²) in [6, 6.07) is 11.0. The molecule has 0 aliphatic carbocycles. The minimum atomic E-state index is -0.580. The monoisotopic (exact) mass is 302 g/mol. The van der Waals surface area contributed by atoms with Gasteiger partial charge in [-0.2, -0.15) is 10.5 Å². The molecule has 2 N–H and O–H groups in total. The van der Waals surface area contributed by atoms with Gasteiger partial charge in [0.2, 0.25) is 0 Å². The molecule has 0 saturated carbocycles. The Morgan fingerprint density at radius 1 is 1.18 bits per heavy atom. The lowest BCUT2D eigenvalue weighted by atomic mass is 10.2. The lowest BCUT2D eigenvalue weighted by molar-refractivity contribution is -0.905. The van der Waals surface area contributed by atoms with E-state index in [-0.39, 0.29) is 6.61 Å². The van der Waals surface area contributed by atoms with Crippen molar-refractivity contribution < 1.29 is 14.7 Å². The highest BCUT2D eigenvalue weighted by atomic mass is 16.5. The first kappa shape index (κ1) is 18.0. The second-order valence-corrected chi connectivity index (χ2v) is 5.81. The number of aliphatic hydroxyl groups excluding tert-OH is 1. The van der Waals surface area contributed by atoms with Crippen LogP contribution >= 0.6 is 0 Å². The molecule has 118 valence electrons. The van der Waals surface area contributed by atoms with E-state index in [0.717, 1.165) is 13.1 Å². The Kier molecular flexibility index (Phi) is 7.99. The number of quaternary nitrogens is 1. The van der Waals surface area contributed by atoms with E-state index in [0.29, 0.717) is 30.2 Å². The third-order valence-electron chi connectivity index (χ3n) is 3.24. The van der Waals surface area contributed by atoms with Gasteiger partial charge in [-0.15, -0.1) is 0 Å². The molecule has 0 spiro atoms. The summed E-state index contributed by atoms with van der Waals surface area (Å²) in [5.74, 6) is 1.15. The fraction of sp³-hybridized carbons (Fsp3) is 0.529. The number of nitrogens with zero attached hydrogens (tertiary/aromatic N) is 2. The Morgan fingerprint density at radius 2 is 1.86 bits per heavy atom. The molecule has 0 aliphatic rings. The summed E-state index contributed by atoms with van der Waals surface area (Å²) in [6.07, 6.45) is -0.0892. The van der Waals surface area contributed by atoms with Crippen molar-refractivity contribution in [1.82, 2.24) is 0 Å². The normalized spacial score (nSPS) is 13.2. The van der Waals surface area contributed by atoms with Crippen LogP contribution in [0.3, 0.4) is 0 Å². The van der Waals surface area contributed by atoms with Gasteiger partial charge in [-0.05, 0) is 24.3 Å². The first-order valence-corrected chi connectivity index (χ1v) is 7.56. The number of aliphatic hydroxyl groups is 1. The molecule has 0 radical (unpaired) electrons. The maximum atomic E-state index is 10.1. The highest BCUT2D eigenvalue weighted by molar-refractivity contribution is 5.34. The van der Waals surface area contributed by atoms with Crippen LogP contribution in [0.2, 0.25) is 0 Å². The molecule has 0 heterocycles. The van der Waals surface area contributed by atoms with Crippen molar-refractivity contribution >= 4 is 0 Å². The van der Waals surface area contributed by atoms with E-state index in [1.807, 2.05) is 6.07 Å². The smallest absolute Gasteiger partial charge is 0.137 e. The van der Waals surface area contributed by atoms with Crippen LogP contribution in [0.4, 0.5) is 0 Å². The summed E-state index contributed by atoms with van der Waals surface area (Å²) in [5, 5.41) is 27.5. The average Bonchev–Trinajstić information content (AvgIpc) is 2.50. The van der Waals surface area contributed by atoms with Crippen molar-refractivity contribution in [2.24, 2.45) is 5.92 Å². The van der Waals surface area contributed by atoms with Crippen LogP contribution in [-0.2, 0) is 0 Å². The highest BCUT2D eigenvalue weighted by Crippen LogP contribution is 2.11. The van der Waals surface area contributed by atoms with Gasteiger partial charge in [0, 0.05) is 5.92 Å². The van der Waals surface area contributed by atoms with Crippen molar-refractivity contribution in [3.63, 3.8) is 0 Å². The third-order valence-corrected chi connectivity index (χ3v) is 3.24. The van der Waals surface area contributed by atoms with Gasteiger partial charge in [-0.25, -0.2) is 0 Å². The topological polar surface area (TPSA) is 81.5 Å². The van der Waals surface area contributed by atoms with Crippen LogP contribution in [0, 0.1) is 28.6 Å². The quantitative estimate of drug-likeness (QED) is 0.705. The van der Waals surface area contributed by atoms with Crippen LogP contribution in [-0.4, -0.2) is 37.5 Å². The number of benzene rings is 1. The summed E-state index contributed by atoms with van der Waals surface area (Å²) in [5.41, 5.74) is 0.581. The molecule has 0 bridgehead atoms. The SMILES string of the molecule is CC(C)C[NH+](CCC#N)C[C@H](O)COc1ccc(C#N)cc1.